The van der Waals surface area contributed by atoms with E-state index in [2.05, 4.69) is 15.0 Å². The van der Waals surface area contributed by atoms with Gasteiger partial charge in [-0.05, 0) is 31.9 Å². The van der Waals surface area contributed by atoms with Gasteiger partial charge in [0.1, 0.15) is 17.1 Å². The van der Waals surface area contributed by atoms with Crippen molar-refractivity contribution in [3.05, 3.63) is 42.2 Å². The number of hydrogen-bond donors (Lipinski definition) is 0. The van der Waals surface area contributed by atoms with Gasteiger partial charge in [-0.3, -0.25) is 0 Å². The second kappa shape index (κ2) is 7.88. The van der Waals surface area contributed by atoms with Gasteiger partial charge in [-0.25, -0.2) is 14.6 Å². The van der Waals surface area contributed by atoms with Gasteiger partial charge in [0.25, 0.3) is 0 Å². The van der Waals surface area contributed by atoms with Crippen LogP contribution in [0.25, 0.3) is 11.2 Å². The Morgan fingerprint density at radius 1 is 1.21 bits per heavy atom. The summed E-state index contributed by atoms with van der Waals surface area (Å²) in [7, 11) is 0. The molecule has 0 spiro atoms. The first kappa shape index (κ1) is 19.5. The van der Waals surface area contributed by atoms with Gasteiger partial charge in [-0.1, -0.05) is 12.1 Å². The SMILES string of the molecule is CCn1ncc2ncc(N3CCCC(COc4ccccc4C(F)(F)F)C3)nc21. The van der Waals surface area contributed by atoms with Gasteiger partial charge in [0.15, 0.2) is 5.65 Å². The first-order valence-electron chi connectivity index (χ1n) is 9.68. The van der Waals surface area contributed by atoms with Crippen molar-refractivity contribution in [3.8, 4) is 5.75 Å². The molecule has 1 atom stereocenters. The fourth-order valence-electron chi connectivity index (χ4n) is 3.67. The number of benzene rings is 1. The van der Waals surface area contributed by atoms with Crippen LogP contribution in [0.1, 0.15) is 25.3 Å². The molecule has 0 aliphatic carbocycles. The molecule has 0 saturated carbocycles. The zero-order valence-electron chi connectivity index (χ0n) is 16.1. The molecule has 0 bridgehead atoms. The Hall–Kier alpha value is -2.84. The Balaban J connectivity index is 1.46. The molecule has 1 aromatic carbocycles. The molecule has 9 heteroatoms. The highest BCUT2D eigenvalue weighted by Crippen LogP contribution is 2.36. The molecule has 1 aliphatic heterocycles. The Bertz CT molecular complexity index is 988. The number of rotatable bonds is 5. The average molecular weight is 405 g/mol. The van der Waals surface area contributed by atoms with Crippen molar-refractivity contribution in [3.63, 3.8) is 0 Å². The number of nitrogens with zero attached hydrogens (tertiary/aromatic N) is 5. The van der Waals surface area contributed by atoms with Crippen LogP contribution in [-0.2, 0) is 12.7 Å². The number of fused-ring (bicyclic) bond motifs is 1. The number of ether oxygens (including phenoxy) is 1. The van der Waals surface area contributed by atoms with E-state index in [1.165, 1.54) is 12.1 Å². The number of alkyl halides is 3. The van der Waals surface area contributed by atoms with E-state index in [0.717, 1.165) is 42.4 Å². The number of piperidine rings is 1. The molecule has 0 N–H and O–H groups in total. The molecular weight excluding hydrogens is 383 g/mol. The first-order valence-corrected chi connectivity index (χ1v) is 9.68. The molecule has 6 nitrogen and oxygen atoms in total. The molecule has 1 saturated heterocycles. The molecule has 3 aromatic rings. The summed E-state index contributed by atoms with van der Waals surface area (Å²) in [5.41, 5.74) is 0.746. The number of aryl methyl sites for hydroxylation is 1. The molecule has 4 rings (SSSR count). The van der Waals surface area contributed by atoms with E-state index in [0.29, 0.717) is 13.1 Å². The highest BCUT2D eigenvalue weighted by atomic mass is 19.4. The van der Waals surface area contributed by atoms with Crippen LogP contribution < -0.4 is 9.64 Å². The van der Waals surface area contributed by atoms with Crippen LogP contribution in [-0.4, -0.2) is 39.4 Å². The lowest BCUT2D eigenvalue weighted by molar-refractivity contribution is -0.139. The Kier molecular flexibility index (Phi) is 5.29. The summed E-state index contributed by atoms with van der Waals surface area (Å²) >= 11 is 0. The van der Waals surface area contributed by atoms with Crippen LogP contribution in [0.5, 0.6) is 5.75 Å². The van der Waals surface area contributed by atoms with Gasteiger partial charge in [0.2, 0.25) is 0 Å². The van der Waals surface area contributed by atoms with Crippen molar-refractivity contribution < 1.29 is 17.9 Å². The minimum Gasteiger partial charge on any atom is -0.493 e. The molecule has 2 aromatic heterocycles. The Morgan fingerprint density at radius 3 is 2.83 bits per heavy atom. The summed E-state index contributed by atoms with van der Waals surface area (Å²) in [6, 6.07) is 5.34. The molecule has 29 heavy (non-hydrogen) atoms. The molecular formula is C20H22F3N5O. The maximum atomic E-state index is 13.1. The fraction of sp³-hybridized carbons (Fsp3) is 0.450. The number of para-hydroxylation sites is 1. The monoisotopic (exact) mass is 405 g/mol. The van der Waals surface area contributed by atoms with Gasteiger partial charge in [0.05, 0.1) is 24.6 Å². The molecule has 1 fully saturated rings. The van der Waals surface area contributed by atoms with Crippen LogP contribution in [0.4, 0.5) is 19.0 Å². The second-order valence-corrected chi connectivity index (χ2v) is 7.16. The zero-order valence-corrected chi connectivity index (χ0v) is 16.1. The van der Waals surface area contributed by atoms with Crippen molar-refractivity contribution in [1.82, 2.24) is 19.7 Å². The van der Waals surface area contributed by atoms with Gasteiger partial charge < -0.3 is 9.64 Å². The molecule has 0 amide bonds. The minimum absolute atomic E-state index is 0.110. The summed E-state index contributed by atoms with van der Waals surface area (Å²) in [5, 5.41) is 4.27. The molecule has 1 aliphatic rings. The second-order valence-electron chi connectivity index (χ2n) is 7.16. The number of hydrogen-bond acceptors (Lipinski definition) is 5. The third kappa shape index (κ3) is 4.13. The normalized spacial score (nSPS) is 17.7. The van der Waals surface area contributed by atoms with Crippen molar-refractivity contribution in [1.29, 1.82) is 0 Å². The quantitative estimate of drug-likeness (QED) is 0.638. The number of anilines is 1. The summed E-state index contributed by atoms with van der Waals surface area (Å²) in [6.45, 7) is 4.42. The topological polar surface area (TPSA) is 56.1 Å². The highest BCUT2D eigenvalue weighted by molar-refractivity contribution is 5.71. The predicted molar refractivity (Wildman–Crippen MR) is 103 cm³/mol. The van der Waals surface area contributed by atoms with E-state index < -0.39 is 11.7 Å². The summed E-state index contributed by atoms with van der Waals surface area (Å²) in [5.74, 6) is 0.747. The summed E-state index contributed by atoms with van der Waals surface area (Å²) < 4.78 is 46.8. The van der Waals surface area contributed by atoms with E-state index in [1.54, 1.807) is 23.1 Å². The first-order chi connectivity index (χ1) is 14.0. The van der Waals surface area contributed by atoms with E-state index in [4.69, 9.17) is 9.72 Å². The van der Waals surface area contributed by atoms with Crippen molar-refractivity contribution in [2.24, 2.45) is 5.92 Å². The third-order valence-corrected chi connectivity index (χ3v) is 5.14. The lowest BCUT2D eigenvalue weighted by Crippen LogP contribution is -2.38. The third-order valence-electron chi connectivity index (χ3n) is 5.14. The summed E-state index contributed by atoms with van der Waals surface area (Å²) in [6.07, 6.45) is 0.810. The standard InChI is InChI=1S/C20H22F3N5O/c1-2-28-19-16(10-25-28)24-11-18(26-19)27-9-5-6-14(12-27)13-29-17-8-4-3-7-15(17)20(21,22)23/h3-4,7-8,10-11,14H,2,5-6,9,12-13H2,1H3. The lowest BCUT2D eigenvalue weighted by Gasteiger charge is -2.33. The van der Waals surface area contributed by atoms with E-state index in [1.807, 2.05) is 6.92 Å². The Morgan fingerprint density at radius 2 is 2.03 bits per heavy atom. The van der Waals surface area contributed by atoms with Crippen LogP contribution in [0.15, 0.2) is 36.7 Å². The average Bonchev–Trinajstić information content (AvgIpc) is 3.14. The van der Waals surface area contributed by atoms with E-state index >= 15 is 0 Å². The molecule has 1 unspecified atom stereocenters. The molecule has 0 radical (unpaired) electrons. The minimum atomic E-state index is -4.43. The van der Waals surface area contributed by atoms with Gasteiger partial charge in [0, 0.05) is 25.6 Å². The molecule has 3 heterocycles. The van der Waals surface area contributed by atoms with Crippen molar-refractivity contribution >= 4 is 17.0 Å². The van der Waals surface area contributed by atoms with Crippen LogP contribution in [0, 0.1) is 5.92 Å². The van der Waals surface area contributed by atoms with Crippen LogP contribution in [0.2, 0.25) is 0 Å². The predicted octanol–water partition coefficient (Wildman–Crippen LogP) is 4.16. The van der Waals surface area contributed by atoms with Gasteiger partial charge in [-0.2, -0.15) is 18.3 Å². The van der Waals surface area contributed by atoms with Crippen LogP contribution >= 0.6 is 0 Å². The number of aromatic nitrogens is 4. The maximum absolute atomic E-state index is 13.1. The lowest BCUT2D eigenvalue weighted by atomic mass is 9.99. The summed E-state index contributed by atoms with van der Waals surface area (Å²) in [4.78, 5) is 11.3. The maximum Gasteiger partial charge on any atom is 0.419 e. The van der Waals surface area contributed by atoms with Gasteiger partial charge in [-0.15, -0.1) is 0 Å². The van der Waals surface area contributed by atoms with Crippen molar-refractivity contribution in [2.45, 2.75) is 32.5 Å². The largest absolute Gasteiger partial charge is 0.493 e. The van der Waals surface area contributed by atoms with Crippen molar-refractivity contribution in [2.75, 3.05) is 24.6 Å². The van der Waals surface area contributed by atoms with Crippen LogP contribution in [0.3, 0.4) is 0 Å². The Labute approximate surface area is 166 Å². The fourth-order valence-corrected chi connectivity index (χ4v) is 3.67. The highest BCUT2D eigenvalue weighted by Gasteiger charge is 2.34. The number of halogens is 3. The van der Waals surface area contributed by atoms with E-state index in [9.17, 15) is 13.2 Å². The van der Waals surface area contributed by atoms with E-state index in [-0.39, 0.29) is 18.3 Å². The van der Waals surface area contributed by atoms with Gasteiger partial charge >= 0.3 is 6.18 Å². The zero-order chi connectivity index (χ0) is 20.4. The smallest absolute Gasteiger partial charge is 0.419 e. The molecule has 154 valence electrons.